The highest BCUT2D eigenvalue weighted by Gasteiger charge is 2.59. The quantitative estimate of drug-likeness (QED) is 0.272. The molecule has 11 heteroatoms. The Bertz CT molecular complexity index is 1580. The number of hydrogen-bond donors (Lipinski definition) is 2. The minimum Gasteiger partial charge on any atom is -0.493 e. The summed E-state index contributed by atoms with van der Waals surface area (Å²) < 4.78 is 32.9. The Kier molecular flexibility index (Phi) is 7.27. The van der Waals surface area contributed by atoms with E-state index in [4.69, 9.17) is 28.4 Å². The molecule has 1 saturated heterocycles. The zero-order valence-electron chi connectivity index (χ0n) is 23.6. The van der Waals surface area contributed by atoms with E-state index in [-0.39, 0.29) is 12.3 Å². The molecule has 1 atom stereocenters. The van der Waals surface area contributed by atoms with Gasteiger partial charge in [-0.1, -0.05) is 18.2 Å². The van der Waals surface area contributed by atoms with Gasteiger partial charge in [-0.05, 0) is 6.07 Å². The number of aromatic nitrogens is 1. The Labute approximate surface area is 236 Å². The number of β-lactam (4-membered cyclic amide) rings is 1. The molecule has 0 saturated carbocycles. The van der Waals surface area contributed by atoms with E-state index in [2.05, 4.69) is 10.3 Å². The molecular weight excluding hydrogens is 530 g/mol. The summed E-state index contributed by atoms with van der Waals surface area (Å²) in [6, 6.07) is 14.2. The highest BCUT2D eigenvalue weighted by molar-refractivity contribution is 6.18. The number of carbonyl (C=O) groups is 2. The summed E-state index contributed by atoms with van der Waals surface area (Å²) in [4.78, 5) is 32.6. The number of ether oxygens (including phenoxy) is 6. The van der Waals surface area contributed by atoms with Crippen LogP contribution < -0.4 is 38.6 Å². The number of H-pyrrole nitrogens is 1. The van der Waals surface area contributed by atoms with Gasteiger partial charge in [-0.3, -0.25) is 14.5 Å². The molecule has 4 aromatic rings. The summed E-state index contributed by atoms with van der Waals surface area (Å²) in [5.74, 6) is 1.49. The number of nitrogens with one attached hydrogen (secondary N) is 2. The summed E-state index contributed by atoms with van der Waals surface area (Å²) in [5, 5.41) is 3.79. The lowest BCUT2D eigenvalue weighted by Gasteiger charge is -2.50. The molecule has 1 fully saturated rings. The molecule has 1 aliphatic rings. The molecule has 0 spiro atoms. The number of amides is 2. The Morgan fingerprint density at radius 3 is 1.85 bits per heavy atom. The Morgan fingerprint density at radius 2 is 1.34 bits per heavy atom. The molecule has 2 amide bonds. The first kappa shape index (κ1) is 27.5. The number of fused-ring (bicyclic) bond motifs is 1. The van der Waals surface area contributed by atoms with Crippen molar-refractivity contribution >= 4 is 34.1 Å². The number of hydrogen-bond acceptors (Lipinski definition) is 8. The van der Waals surface area contributed by atoms with Crippen molar-refractivity contribution in [2.24, 2.45) is 0 Å². The highest BCUT2D eigenvalue weighted by Crippen LogP contribution is 2.51. The summed E-state index contributed by atoms with van der Waals surface area (Å²) in [6.45, 7) is 0. The molecule has 1 unspecified atom stereocenters. The van der Waals surface area contributed by atoms with Crippen LogP contribution in [0.2, 0.25) is 0 Å². The molecule has 2 N–H and O–H groups in total. The van der Waals surface area contributed by atoms with Crippen molar-refractivity contribution < 1.29 is 38.0 Å². The number of aromatic amines is 1. The average Bonchev–Trinajstić information content (AvgIpc) is 3.42. The maximum Gasteiger partial charge on any atom is 0.256 e. The Morgan fingerprint density at radius 1 is 0.805 bits per heavy atom. The number of methoxy groups -OCH3 is 6. The standard InChI is InChI=1S/C30H31N3O8/c1-36-22-11-17(12-23(37-2)27(22)40-5)32-29(35)30(20-16-31-21-10-8-7-9-19(20)21)15-26(34)33(30)18-13-24(38-3)28(41-6)25(14-18)39-4/h7-14,16,31H,15H2,1-6H3,(H,32,35). The van der Waals surface area contributed by atoms with Crippen molar-refractivity contribution in [2.75, 3.05) is 52.9 Å². The van der Waals surface area contributed by atoms with Gasteiger partial charge in [-0.15, -0.1) is 0 Å². The number of nitrogens with zero attached hydrogens (tertiary/aromatic N) is 1. The zero-order chi connectivity index (χ0) is 29.3. The molecule has 0 bridgehead atoms. The van der Waals surface area contributed by atoms with E-state index in [1.54, 1.807) is 30.5 Å². The predicted molar refractivity (Wildman–Crippen MR) is 153 cm³/mol. The summed E-state index contributed by atoms with van der Waals surface area (Å²) >= 11 is 0. The number of anilines is 2. The molecule has 5 rings (SSSR count). The minimum atomic E-state index is -1.43. The van der Waals surface area contributed by atoms with Gasteiger partial charge in [0.1, 0.15) is 0 Å². The Balaban J connectivity index is 1.69. The van der Waals surface area contributed by atoms with E-state index in [0.29, 0.717) is 51.4 Å². The van der Waals surface area contributed by atoms with Gasteiger partial charge in [-0.2, -0.15) is 0 Å². The number of rotatable bonds is 10. The molecule has 3 aromatic carbocycles. The molecule has 1 aliphatic heterocycles. The van der Waals surface area contributed by atoms with Crippen LogP contribution in [0.15, 0.2) is 54.7 Å². The molecule has 2 heterocycles. The largest absolute Gasteiger partial charge is 0.493 e. The van der Waals surface area contributed by atoms with Gasteiger partial charge in [0.05, 0.1) is 54.8 Å². The van der Waals surface area contributed by atoms with Crippen LogP contribution >= 0.6 is 0 Å². The number of benzene rings is 3. The SMILES string of the molecule is COc1cc(NC(=O)C2(c3c[nH]c4ccccc34)CC(=O)N2c2cc(OC)c(OC)c(OC)c2)cc(OC)c1OC. The third kappa shape index (κ3) is 4.30. The van der Waals surface area contributed by atoms with Crippen LogP contribution in [0.1, 0.15) is 12.0 Å². The number of carbonyl (C=O) groups excluding carboxylic acids is 2. The van der Waals surface area contributed by atoms with E-state index in [1.165, 1.54) is 47.6 Å². The van der Waals surface area contributed by atoms with Crippen molar-refractivity contribution in [3.8, 4) is 34.5 Å². The first-order valence-electron chi connectivity index (χ1n) is 12.7. The second kappa shape index (κ2) is 10.8. The maximum atomic E-state index is 14.5. The van der Waals surface area contributed by atoms with Crippen LogP contribution in [0.25, 0.3) is 10.9 Å². The van der Waals surface area contributed by atoms with Crippen molar-refractivity contribution in [1.82, 2.24) is 4.98 Å². The second-order valence-corrected chi connectivity index (χ2v) is 9.27. The predicted octanol–water partition coefficient (Wildman–Crippen LogP) is 4.49. The van der Waals surface area contributed by atoms with Gasteiger partial charge in [0.2, 0.25) is 17.4 Å². The Hall–Kier alpha value is -5.06. The van der Waals surface area contributed by atoms with E-state index >= 15 is 0 Å². The van der Waals surface area contributed by atoms with Crippen molar-refractivity contribution in [2.45, 2.75) is 12.0 Å². The van der Waals surface area contributed by atoms with E-state index in [1.807, 2.05) is 24.3 Å². The smallest absolute Gasteiger partial charge is 0.256 e. The zero-order valence-corrected chi connectivity index (χ0v) is 23.6. The monoisotopic (exact) mass is 561 g/mol. The summed E-state index contributed by atoms with van der Waals surface area (Å²) in [7, 11) is 8.96. The van der Waals surface area contributed by atoms with Crippen LogP contribution in [-0.2, 0) is 15.1 Å². The third-order valence-corrected chi connectivity index (χ3v) is 7.28. The lowest BCUT2D eigenvalue weighted by atomic mass is 9.75. The van der Waals surface area contributed by atoms with Crippen molar-refractivity contribution in [3.63, 3.8) is 0 Å². The molecule has 41 heavy (non-hydrogen) atoms. The van der Waals surface area contributed by atoms with Crippen LogP contribution in [-0.4, -0.2) is 59.5 Å². The van der Waals surface area contributed by atoms with E-state index in [0.717, 1.165) is 10.9 Å². The van der Waals surface area contributed by atoms with Crippen LogP contribution in [0, 0.1) is 0 Å². The molecule has 0 radical (unpaired) electrons. The highest BCUT2D eigenvalue weighted by atomic mass is 16.5. The van der Waals surface area contributed by atoms with Gasteiger partial charge < -0.3 is 38.7 Å². The fourth-order valence-electron chi connectivity index (χ4n) is 5.38. The summed E-state index contributed by atoms with van der Waals surface area (Å²) in [6.07, 6.45) is 1.68. The summed E-state index contributed by atoms with van der Waals surface area (Å²) in [5.41, 5.74) is 0.828. The topological polar surface area (TPSA) is 121 Å². The molecular formula is C30H31N3O8. The van der Waals surface area contributed by atoms with Gasteiger partial charge in [0, 0.05) is 52.6 Å². The van der Waals surface area contributed by atoms with Crippen molar-refractivity contribution in [3.05, 3.63) is 60.3 Å². The number of para-hydroxylation sites is 1. The second-order valence-electron chi connectivity index (χ2n) is 9.27. The van der Waals surface area contributed by atoms with E-state index < -0.39 is 11.4 Å². The maximum absolute atomic E-state index is 14.5. The fourth-order valence-corrected chi connectivity index (χ4v) is 5.38. The van der Waals surface area contributed by atoms with Crippen LogP contribution in [0.4, 0.5) is 11.4 Å². The molecule has 1 aromatic heterocycles. The lowest BCUT2D eigenvalue weighted by Crippen LogP contribution is -2.67. The van der Waals surface area contributed by atoms with Crippen molar-refractivity contribution in [1.29, 1.82) is 0 Å². The third-order valence-electron chi connectivity index (χ3n) is 7.28. The van der Waals surface area contributed by atoms with Gasteiger partial charge in [-0.25, -0.2) is 0 Å². The van der Waals surface area contributed by atoms with Gasteiger partial charge in [0.15, 0.2) is 28.5 Å². The minimum absolute atomic E-state index is 0.0816. The lowest BCUT2D eigenvalue weighted by molar-refractivity contribution is -0.137. The van der Waals surface area contributed by atoms with Crippen LogP contribution in [0.3, 0.4) is 0 Å². The molecule has 0 aliphatic carbocycles. The van der Waals surface area contributed by atoms with Gasteiger partial charge >= 0.3 is 0 Å². The van der Waals surface area contributed by atoms with Gasteiger partial charge in [0.25, 0.3) is 5.91 Å². The van der Waals surface area contributed by atoms with Crippen LogP contribution in [0.5, 0.6) is 34.5 Å². The first-order valence-corrected chi connectivity index (χ1v) is 12.7. The average molecular weight is 562 g/mol. The molecule has 214 valence electrons. The van der Waals surface area contributed by atoms with E-state index in [9.17, 15) is 9.59 Å². The molecule has 11 nitrogen and oxygen atoms in total. The normalized spacial score (nSPS) is 16.1. The first-order chi connectivity index (χ1) is 19.9. The fraction of sp³-hybridized carbons (Fsp3) is 0.267.